The molecule has 7 heteroatoms. The largest absolute Gasteiger partial charge is 0.330 e. The first-order chi connectivity index (χ1) is 6.97. The summed E-state index contributed by atoms with van der Waals surface area (Å²) in [5.74, 6) is 0.119. The van der Waals surface area contributed by atoms with Gasteiger partial charge in [0, 0.05) is 13.6 Å². The summed E-state index contributed by atoms with van der Waals surface area (Å²) in [5.41, 5.74) is 5.40. The standard InChI is InChI=1S/C8H16N4O2S/c1-7(5-9)6-11-15(13,14)8-3-4-10-12(8)2/h3-4,7,11H,5-6,9H2,1-2H3. The van der Waals surface area contributed by atoms with Crippen LogP contribution in [0.3, 0.4) is 0 Å². The Morgan fingerprint density at radius 3 is 2.80 bits per heavy atom. The molecular formula is C8H16N4O2S. The summed E-state index contributed by atoms with van der Waals surface area (Å²) in [4.78, 5) is 0. The fourth-order valence-electron chi connectivity index (χ4n) is 1.03. The molecule has 0 spiro atoms. The van der Waals surface area contributed by atoms with Crippen LogP contribution in [-0.4, -0.2) is 31.3 Å². The van der Waals surface area contributed by atoms with E-state index in [0.29, 0.717) is 13.1 Å². The molecule has 0 aliphatic rings. The summed E-state index contributed by atoms with van der Waals surface area (Å²) in [6.07, 6.45) is 1.45. The maximum atomic E-state index is 11.7. The van der Waals surface area contributed by atoms with Gasteiger partial charge in [0.15, 0.2) is 5.03 Å². The van der Waals surface area contributed by atoms with Crippen LogP contribution >= 0.6 is 0 Å². The molecule has 1 rings (SSSR count). The number of nitrogens with one attached hydrogen (secondary N) is 1. The Morgan fingerprint density at radius 1 is 1.67 bits per heavy atom. The van der Waals surface area contributed by atoms with Gasteiger partial charge in [-0.3, -0.25) is 4.68 Å². The van der Waals surface area contributed by atoms with E-state index in [2.05, 4.69) is 9.82 Å². The lowest BCUT2D eigenvalue weighted by Gasteiger charge is -2.10. The minimum Gasteiger partial charge on any atom is -0.330 e. The number of sulfonamides is 1. The lowest BCUT2D eigenvalue weighted by molar-refractivity contribution is 0.534. The molecule has 0 aliphatic carbocycles. The van der Waals surface area contributed by atoms with E-state index in [9.17, 15) is 8.42 Å². The molecule has 0 amide bonds. The van der Waals surface area contributed by atoms with Crippen molar-refractivity contribution in [2.75, 3.05) is 13.1 Å². The summed E-state index contributed by atoms with van der Waals surface area (Å²) >= 11 is 0. The zero-order valence-corrected chi connectivity index (χ0v) is 9.66. The lowest BCUT2D eigenvalue weighted by atomic mass is 10.2. The third kappa shape index (κ3) is 3.01. The topological polar surface area (TPSA) is 90.0 Å². The third-order valence-electron chi connectivity index (χ3n) is 2.08. The van der Waals surface area contributed by atoms with Gasteiger partial charge in [-0.2, -0.15) is 5.10 Å². The van der Waals surface area contributed by atoms with Crippen molar-refractivity contribution in [3.8, 4) is 0 Å². The lowest BCUT2D eigenvalue weighted by Crippen LogP contribution is -2.32. The molecule has 86 valence electrons. The number of rotatable bonds is 5. The Bertz CT molecular complexity index is 412. The first-order valence-corrected chi connectivity index (χ1v) is 6.13. The van der Waals surface area contributed by atoms with Gasteiger partial charge in [0.1, 0.15) is 0 Å². The van der Waals surface area contributed by atoms with E-state index in [4.69, 9.17) is 5.73 Å². The SMILES string of the molecule is CC(CN)CNS(=O)(=O)c1ccnn1C. The van der Waals surface area contributed by atoms with Crippen LogP contribution in [-0.2, 0) is 17.1 Å². The molecule has 15 heavy (non-hydrogen) atoms. The monoisotopic (exact) mass is 232 g/mol. The predicted molar refractivity (Wildman–Crippen MR) is 56.6 cm³/mol. The van der Waals surface area contributed by atoms with E-state index in [1.165, 1.54) is 16.9 Å². The zero-order chi connectivity index (χ0) is 11.5. The number of aromatic nitrogens is 2. The highest BCUT2D eigenvalue weighted by Gasteiger charge is 2.17. The van der Waals surface area contributed by atoms with Crippen LogP contribution in [0.2, 0.25) is 0 Å². The molecule has 0 bridgehead atoms. The van der Waals surface area contributed by atoms with Crippen LogP contribution in [0.5, 0.6) is 0 Å². The Morgan fingerprint density at radius 2 is 2.33 bits per heavy atom. The van der Waals surface area contributed by atoms with Crippen LogP contribution in [0.25, 0.3) is 0 Å². The van der Waals surface area contributed by atoms with Crippen LogP contribution in [0.4, 0.5) is 0 Å². The molecule has 1 heterocycles. The van der Waals surface area contributed by atoms with Crippen LogP contribution in [0.15, 0.2) is 17.3 Å². The van der Waals surface area contributed by atoms with Crippen molar-refractivity contribution in [3.05, 3.63) is 12.3 Å². The highest BCUT2D eigenvalue weighted by Crippen LogP contribution is 2.05. The van der Waals surface area contributed by atoms with Gasteiger partial charge >= 0.3 is 0 Å². The van der Waals surface area contributed by atoms with Gasteiger partial charge in [-0.05, 0) is 18.5 Å². The first kappa shape index (κ1) is 12.2. The van der Waals surface area contributed by atoms with Crippen LogP contribution in [0.1, 0.15) is 6.92 Å². The number of nitrogens with two attached hydrogens (primary N) is 1. The number of hydrogen-bond donors (Lipinski definition) is 2. The van der Waals surface area contributed by atoms with E-state index in [1.54, 1.807) is 7.05 Å². The normalized spacial score (nSPS) is 14.1. The highest BCUT2D eigenvalue weighted by atomic mass is 32.2. The number of hydrogen-bond acceptors (Lipinski definition) is 4. The van der Waals surface area contributed by atoms with Crippen molar-refractivity contribution in [1.29, 1.82) is 0 Å². The molecular weight excluding hydrogens is 216 g/mol. The van der Waals surface area contributed by atoms with Crippen molar-refractivity contribution in [2.24, 2.45) is 18.7 Å². The van der Waals surface area contributed by atoms with E-state index < -0.39 is 10.0 Å². The molecule has 0 saturated heterocycles. The average molecular weight is 232 g/mol. The summed E-state index contributed by atoms with van der Waals surface area (Å²) in [6.45, 7) is 2.67. The Kier molecular flexibility index (Phi) is 3.83. The Hall–Kier alpha value is -0.920. The maximum Gasteiger partial charge on any atom is 0.257 e. The second-order valence-corrected chi connectivity index (χ2v) is 5.20. The Balaban J connectivity index is 2.73. The molecule has 1 aromatic rings. The molecule has 0 fully saturated rings. The van der Waals surface area contributed by atoms with Gasteiger partial charge in [-0.15, -0.1) is 0 Å². The fraction of sp³-hybridized carbons (Fsp3) is 0.625. The summed E-state index contributed by atoms with van der Waals surface area (Å²) < 4.78 is 27.2. The van der Waals surface area contributed by atoms with Crippen molar-refractivity contribution in [1.82, 2.24) is 14.5 Å². The molecule has 3 N–H and O–H groups in total. The average Bonchev–Trinajstić information content (AvgIpc) is 2.61. The zero-order valence-electron chi connectivity index (χ0n) is 8.84. The fourth-order valence-corrected chi connectivity index (χ4v) is 2.32. The maximum absolute atomic E-state index is 11.7. The highest BCUT2D eigenvalue weighted by molar-refractivity contribution is 7.89. The van der Waals surface area contributed by atoms with Crippen molar-refractivity contribution in [2.45, 2.75) is 11.9 Å². The third-order valence-corrected chi connectivity index (χ3v) is 3.57. The number of aryl methyl sites for hydroxylation is 1. The van der Waals surface area contributed by atoms with Gasteiger partial charge in [0.05, 0.1) is 6.20 Å². The van der Waals surface area contributed by atoms with Crippen LogP contribution in [0, 0.1) is 5.92 Å². The van der Waals surface area contributed by atoms with E-state index in [-0.39, 0.29) is 10.9 Å². The summed E-state index contributed by atoms with van der Waals surface area (Å²) in [6, 6.07) is 1.45. The van der Waals surface area contributed by atoms with E-state index in [1.807, 2.05) is 6.92 Å². The molecule has 0 aliphatic heterocycles. The van der Waals surface area contributed by atoms with Gasteiger partial charge in [-0.25, -0.2) is 13.1 Å². The van der Waals surface area contributed by atoms with Crippen molar-refractivity contribution >= 4 is 10.0 Å². The molecule has 1 unspecified atom stereocenters. The van der Waals surface area contributed by atoms with Gasteiger partial charge in [-0.1, -0.05) is 6.92 Å². The molecule has 1 atom stereocenters. The van der Waals surface area contributed by atoms with E-state index >= 15 is 0 Å². The van der Waals surface area contributed by atoms with Crippen molar-refractivity contribution < 1.29 is 8.42 Å². The first-order valence-electron chi connectivity index (χ1n) is 4.65. The molecule has 1 aromatic heterocycles. The Labute approximate surface area is 89.5 Å². The predicted octanol–water partition coefficient (Wildman–Crippen LogP) is -0.707. The second-order valence-electron chi connectivity index (χ2n) is 3.49. The van der Waals surface area contributed by atoms with Gasteiger partial charge in [0.2, 0.25) is 0 Å². The smallest absolute Gasteiger partial charge is 0.257 e. The van der Waals surface area contributed by atoms with Gasteiger partial charge < -0.3 is 5.73 Å². The minimum atomic E-state index is -3.46. The molecule has 0 aromatic carbocycles. The summed E-state index contributed by atoms with van der Waals surface area (Å²) in [7, 11) is -1.87. The van der Waals surface area contributed by atoms with Crippen molar-refractivity contribution in [3.63, 3.8) is 0 Å². The second kappa shape index (κ2) is 4.73. The van der Waals surface area contributed by atoms with Gasteiger partial charge in [0.25, 0.3) is 10.0 Å². The minimum absolute atomic E-state index is 0.119. The van der Waals surface area contributed by atoms with Crippen LogP contribution < -0.4 is 10.5 Å². The molecule has 6 nitrogen and oxygen atoms in total. The quantitative estimate of drug-likeness (QED) is 0.702. The van der Waals surface area contributed by atoms with E-state index in [0.717, 1.165) is 0 Å². The molecule has 0 radical (unpaired) electrons. The number of nitrogens with zero attached hydrogens (tertiary/aromatic N) is 2. The summed E-state index contributed by atoms with van der Waals surface area (Å²) in [5, 5.41) is 3.96. The molecule has 0 saturated carbocycles.